The molecule has 154 valence electrons. The summed E-state index contributed by atoms with van der Waals surface area (Å²) in [6, 6.07) is 10.8. The van der Waals surface area contributed by atoms with Crippen LogP contribution >= 0.6 is 0 Å². The van der Waals surface area contributed by atoms with E-state index in [-0.39, 0.29) is 0 Å². The third-order valence-electron chi connectivity index (χ3n) is 5.98. The Morgan fingerprint density at radius 1 is 1.10 bits per heavy atom. The minimum atomic E-state index is 0.650. The topological polar surface area (TPSA) is 74.2 Å². The van der Waals surface area contributed by atoms with Crippen LogP contribution in [0.5, 0.6) is 0 Å². The van der Waals surface area contributed by atoms with E-state index in [1.807, 2.05) is 12.4 Å². The first-order chi connectivity index (χ1) is 14.8. The van der Waals surface area contributed by atoms with Gasteiger partial charge in [-0.25, -0.2) is 4.98 Å². The number of rotatable bonds is 5. The first-order valence-electron chi connectivity index (χ1n) is 10.6. The second-order valence-electron chi connectivity index (χ2n) is 8.08. The Balaban J connectivity index is 1.29. The molecule has 1 aromatic carbocycles. The highest BCUT2D eigenvalue weighted by Crippen LogP contribution is 2.39. The predicted octanol–water partition coefficient (Wildman–Crippen LogP) is 3.21. The molecule has 0 radical (unpaired) electrons. The maximum Gasteiger partial charge on any atom is 0.153 e. The van der Waals surface area contributed by atoms with Crippen molar-refractivity contribution in [3.8, 4) is 0 Å². The monoisotopic (exact) mass is 403 g/mol. The van der Waals surface area contributed by atoms with Crippen LogP contribution in [0.1, 0.15) is 30.3 Å². The zero-order valence-corrected chi connectivity index (χ0v) is 16.8. The maximum absolute atomic E-state index is 5.50. The van der Waals surface area contributed by atoms with Crippen molar-refractivity contribution in [2.45, 2.75) is 25.3 Å². The second kappa shape index (κ2) is 7.21. The summed E-state index contributed by atoms with van der Waals surface area (Å²) < 4.78 is 7.59. The fourth-order valence-corrected chi connectivity index (χ4v) is 4.16. The molecule has 4 heterocycles. The van der Waals surface area contributed by atoms with Crippen molar-refractivity contribution in [3.63, 3.8) is 0 Å². The number of morpholine rings is 1. The van der Waals surface area contributed by atoms with E-state index in [9.17, 15) is 0 Å². The molecule has 2 N–H and O–H groups in total. The smallest absolute Gasteiger partial charge is 0.153 e. The van der Waals surface area contributed by atoms with Gasteiger partial charge >= 0.3 is 0 Å². The van der Waals surface area contributed by atoms with Crippen LogP contribution in [0.3, 0.4) is 0 Å². The van der Waals surface area contributed by atoms with E-state index in [0.29, 0.717) is 5.92 Å². The average molecular weight is 403 g/mol. The minimum Gasteiger partial charge on any atom is -0.378 e. The molecule has 0 atom stereocenters. The lowest BCUT2D eigenvalue weighted by Crippen LogP contribution is -2.36. The summed E-state index contributed by atoms with van der Waals surface area (Å²) in [4.78, 5) is 9.18. The summed E-state index contributed by atoms with van der Waals surface area (Å²) >= 11 is 0. The quantitative estimate of drug-likeness (QED) is 0.682. The number of nitrogens with zero attached hydrogens (tertiary/aromatic N) is 5. The zero-order chi connectivity index (χ0) is 19.9. The lowest BCUT2D eigenvalue weighted by atomic mass is 10.2. The Labute approximate surface area is 175 Å². The Morgan fingerprint density at radius 3 is 2.83 bits per heavy atom. The van der Waals surface area contributed by atoms with Crippen molar-refractivity contribution in [1.29, 1.82) is 0 Å². The molecule has 8 nitrogen and oxygen atoms in total. The molecule has 2 aliphatic heterocycles. The molecule has 0 amide bonds. The molecule has 3 aromatic rings. The lowest BCUT2D eigenvalue weighted by molar-refractivity contribution is 0.122. The van der Waals surface area contributed by atoms with Crippen molar-refractivity contribution >= 4 is 23.0 Å². The minimum absolute atomic E-state index is 0.650. The van der Waals surface area contributed by atoms with Gasteiger partial charge in [0.1, 0.15) is 11.6 Å². The van der Waals surface area contributed by atoms with Gasteiger partial charge in [0.15, 0.2) is 5.82 Å². The fraction of sp³-hybridized carbons (Fsp3) is 0.364. The number of ether oxygens (including phenoxy) is 1. The van der Waals surface area contributed by atoms with Crippen LogP contribution in [-0.2, 0) is 11.3 Å². The summed E-state index contributed by atoms with van der Waals surface area (Å²) in [5, 5.41) is 11.1. The zero-order valence-electron chi connectivity index (χ0n) is 16.8. The van der Waals surface area contributed by atoms with E-state index >= 15 is 0 Å². The van der Waals surface area contributed by atoms with E-state index in [1.165, 1.54) is 24.2 Å². The number of aromatic amines is 1. The van der Waals surface area contributed by atoms with E-state index < -0.39 is 0 Å². The molecule has 3 aliphatic rings. The summed E-state index contributed by atoms with van der Waals surface area (Å²) in [7, 11) is 0. The van der Waals surface area contributed by atoms with Crippen LogP contribution in [0.4, 0.5) is 17.2 Å². The SMILES string of the molecule is C1=C(Nc2cc(C3CC3)[nH]n2)n2ccnc2CN1c1cccc(N2CCOCC2)c1. The number of anilines is 3. The third kappa shape index (κ3) is 3.33. The van der Waals surface area contributed by atoms with Gasteiger partial charge in [-0.15, -0.1) is 0 Å². The van der Waals surface area contributed by atoms with Gasteiger partial charge in [-0.05, 0) is 31.0 Å². The highest BCUT2D eigenvalue weighted by Gasteiger charge is 2.26. The molecular weight excluding hydrogens is 378 g/mol. The van der Waals surface area contributed by atoms with Crippen molar-refractivity contribution in [3.05, 3.63) is 60.4 Å². The molecule has 0 unspecified atom stereocenters. The number of fused-ring (bicyclic) bond motifs is 1. The van der Waals surface area contributed by atoms with Crippen LogP contribution in [0.2, 0.25) is 0 Å². The van der Waals surface area contributed by atoms with Crippen LogP contribution in [0, 0.1) is 0 Å². The van der Waals surface area contributed by atoms with Gasteiger partial charge in [0.05, 0.1) is 19.8 Å². The van der Waals surface area contributed by atoms with Gasteiger partial charge in [0.2, 0.25) is 0 Å². The Morgan fingerprint density at radius 2 is 1.97 bits per heavy atom. The number of imidazole rings is 1. The van der Waals surface area contributed by atoms with E-state index in [4.69, 9.17) is 4.74 Å². The molecule has 2 fully saturated rings. The molecule has 1 saturated carbocycles. The molecule has 0 bridgehead atoms. The summed E-state index contributed by atoms with van der Waals surface area (Å²) in [6.45, 7) is 4.15. The maximum atomic E-state index is 5.50. The number of nitrogens with one attached hydrogen (secondary N) is 2. The summed E-state index contributed by atoms with van der Waals surface area (Å²) in [6.07, 6.45) is 8.48. The van der Waals surface area contributed by atoms with Crippen LogP contribution < -0.4 is 15.1 Å². The number of hydrogen-bond acceptors (Lipinski definition) is 6. The molecule has 1 aliphatic carbocycles. The first-order valence-corrected chi connectivity index (χ1v) is 10.6. The van der Waals surface area contributed by atoms with Crippen molar-refractivity contribution in [2.24, 2.45) is 0 Å². The number of aromatic nitrogens is 4. The van der Waals surface area contributed by atoms with Crippen molar-refractivity contribution in [2.75, 3.05) is 41.4 Å². The second-order valence-corrected chi connectivity index (χ2v) is 8.08. The molecule has 30 heavy (non-hydrogen) atoms. The highest BCUT2D eigenvalue weighted by atomic mass is 16.5. The first kappa shape index (κ1) is 17.6. The summed E-state index contributed by atoms with van der Waals surface area (Å²) in [5.74, 6) is 3.43. The standard InChI is InChI=1S/C22H25N7O/c1-2-17(27-8-10-30-11-9-27)12-18(3-1)28-14-21-23-6-7-29(21)22(15-28)24-20-13-19(25-26-20)16-4-5-16/h1-3,6-7,12-13,15-16H,4-5,8-11,14H2,(H2,24,25,26). The molecule has 0 spiro atoms. The van der Waals surface area contributed by atoms with Crippen molar-refractivity contribution in [1.82, 2.24) is 19.7 Å². The van der Waals surface area contributed by atoms with Gasteiger partial charge in [-0.2, -0.15) is 5.10 Å². The number of hydrogen-bond donors (Lipinski definition) is 2. The van der Waals surface area contributed by atoms with Crippen LogP contribution in [0.25, 0.3) is 5.82 Å². The third-order valence-corrected chi connectivity index (χ3v) is 5.98. The largest absolute Gasteiger partial charge is 0.378 e. The van der Waals surface area contributed by atoms with Gasteiger partial charge in [0.25, 0.3) is 0 Å². The number of H-pyrrole nitrogens is 1. The molecule has 6 rings (SSSR count). The van der Waals surface area contributed by atoms with Gasteiger partial charge in [-0.3, -0.25) is 9.67 Å². The van der Waals surface area contributed by atoms with E-state index in [2.05, 4.69) is 71.4 Å². The fourth-order valence-electron chi connectivity index (χ4n) is 4.16. The van der Waals surface area contributed by atoms with Gasteiger partial charge in [0, 0.05) is 60.7 Å². The predicted molar refractivity (Wildman–Crippen MR) is 116 cm³/mol. The molecule has 1 saturated heterocycles. The van der Waals surface area contributed by atoms with Crippen molar-refractivity contribution < 1.29 is 4.74 Å². The van der Waals surface area contributed by atoms with Crippen LogP contribution in [0.15, 0.2) is 48.9 Å². The Hall–Kier alpha value is -3.26. The molecular formula is C22H25N7O. The Bertz CT molecular complexity index is 1070. The van der Waals surface area contributed by atoms with E-state index in [1.54, 1.807) is 0 Å². The van der Waals surface area contributed by atoms with Gasteiger partial charge in [-0.1, -0.05) is 6.07 Å². The highest BCUT2D eigenvalue weighted by molar-refractivity contribution is 5.70. The summed E-state index contributed by atoms with van der Waals surface area (Å²) in [5.41, 5.74) is 3.59. The molecule has 2 aromatic heterocycles. The Kier molecular flexibility index (Phi) is 4.23. The van der Waals surface area contributed by atoms with Crippen LogP contribution in [-0.4, -0.2) is 46.1 Å². The molecule has 8 heteroatoms. The lowest BCUT2D eigenvalue weighted by Gasteiger charge is -2.31. The number of benzene rings is 1. The van der Waals surface area contributed by atoms with Gasteiger partial charge < -0.3 is 19.9 Å². The van der Waals surface area contributed by atoms with E-state index in [0.717, 1.165) is 56.0 Å². The average Bonchev–Trinajstić information content (AvgIpc) is 3.34. The normalized spacial score (nSPS) is 18.9.